The number of morpholine rings is 1. The van der Waals surface area contributed by atoms with Crippen LogP contribution in [0.1, 0.15) is 72.6 Å². The SMILES string of the molecule is C=C[C@]1(C)C[C@@H](OC(=O)CSCC2CN(C(=O)[C@H]3CCCN3)CCO2)[C@]2(C)C(C)CC[C@]3(CCC(=O)C32)[C@@H](C)[C@@H]1O. The summed E-state index contributed by atoms with van der Waals surface area (Å²) in [6, 6.07) is -0.0862. The number of carbonyl (C=O) groups is 3. The van der Waals surface area contributed by atoms with E-state index in [9.17, 15) is 19.5 Å². The Labute approximate surface area is 249 Å². The first-order valence-corrected chi connectivity index (χ1v) is 16.9. The molecule has 5 rings (SSSR count). The van der Waals surface area contributed by atoms with Gasteiger partial charge in [-0.2, -0.15) is 0 Å². The van der Waals surface area contributed by atoms with Gasteiger partial charge >= 0.3 is 5.97 Å². The van der Waals surface area contributed by atoms with E-state index in [1.807, 2.05) is 17.9 Å². The Balaban J connectivity index is 1.27. The normalized spacial score (nSPS) is 44.6. The van der Waals surface area contributed by atoms with Crippen molar-refractivity contribution in [1.82, 2.24) is 10.2 Å². The van der Waals surface area contributed by atoms with Gasteiger partial charge in [0, 0.05) is 42.0 Å². The number of ketones is 1. The highest BCUT2D eigenvalue weighted by molar-refractivity contribution is 7.99. The zero-order valence-electron chi connectivity index (χ0n) is 25.4. The average molecular weight is 591 g/mol. The molecule has 2 heterocycles. The van der Waals surface area contributed by atoms with Crippen molar-refractivity contribution in [2.45, 2.75) is 97.0 Å². The van der Waals surface area contributed by atoms with Crippen LogP contribution in [0, 0.1) is 34.0 Å². The maximum Gasteiger partial charge on any atom is 0.316 e. The molecule has 3 aliphatic carbocycles. The summed E-state index contributed by atoms with van der Waals surface area (Å²) in [5.74, 6) is 0.813. The molecule has 3 unspecified atom stereocenters. The van der Waals surface area contributed by atoms with Crippen molar-refractivity contribution in [3.63, 3.8) is 0 Å². The van der Waals surface area contributed by atoms with Crippen LogP contribution in [-0.4, -0.2) is 89.8 Å². The minimum absolute atomic E-state index is 0.0487. The van der Waals surface area contributed by atoms with E-state index in [2.05, 4.69) is 32.7 Å². The quantitative estimate of drug-likeness (QED) is 0.342. The number of ether oxygens (including phenoxy) is 2. The predicted molar refractivity (Wildman–Crippen MR) is 159 cm³/mol. The minimum Gasteiger partial charge on any atom is -0.461 e. The van der Waals surface area contributed by atoms with Crippen LogP contribution in [0.5, 0.6) is 0 Å². The second kappa shape index (κ2) is 11.9. The third kappa shape index (κ3) is 5.42. The van der Waals surface area contributed by atoms with Crippen molar-refractivity contribution in [3.8, 4) is 0 Å². The van der Waals surface area contributed by atoms with Gasteiger partial charge in [0.1, 0.15) is 11.9 Å². The molecule has 230 valence electrons. The second-order valence-electron chi connectivity index (χ2n) is 14.0. The van der Waals surface area contributed by atoms with E-state index < -0.39 is 23.0 Å². The van der Waals surface area contributed by atoms with Crippen molar-refractivity contribution in [2.75, 3.05) is 37.7 Å². The average Bonchev–Trinajstić information content (AvgIpc) is 3.62. The molecule has 10 atom stereocenters. The molecule has 0 aromatic carbocycles. The van der Waals surface area contributed by atoms with Gasteiger partial charge in [0.2, 0.25) is 5.91 Å². The molecular formula is C32H50N2O6S. The lowest BCUT2D eigenvalue weighted by molar-refractivity contribution is -0.205. The number of thioether (sulfide) groups is 1. The topological polar surface area (TPSA) is 105 Å². The highest BCUT2D eigenvalue weighted by atomic mass is 32.2. The molecule has 2 aliphatic heterocycles. The van der Waals surface area contributed by atoms with Crippen molar-refractivity contribution in [3.05, 3.63) is 12.7 Å². The summed E-state index contributed by atoms with van der Waals surface area (Å²) in [5, 5.41) is 15.0. The lowest BCUT2D eigenvalue weighted by Gasteiger charge is -2.61. The number of esters is 1. The van der Waals surface area contributed by atoms with E-state index in [4.69, 9.17) is 9.47 Å². The first-order chi connectivity index (χ1) is 19.5. The van der Waals surface area contributed by atoms with Crippen LogP contribution in [-0.2, 0) is 23.9 Å². The van der Waals surface area contributed by atoms with Crippen molar-refractivity contribution in [1.29, 1.82) is 0 Å². The van der Waals surface area contributed by atoms with Gasteiger partial charge in [-0.05, 0) is 62.3 Å². The van der Waals surface area contributed by atoms with Gasteiger partial charge in [0.25, 0.3) is 0 Å². The van der Waals surface area contributed by atoms with E-state index in [-0.39, 0.29) is 58.7 Å². The van der Waals surface area contributed by atoms with Crippen LogP contribution >= 0.6 is 11.8 Å². The van der Waals surface area contributed by atoms with E-state index in [1.54, 1.807) is 0 Å². The number of hydrogen-bond donors (Lipinski definition) is 2. The molecule has 2 bridgehead atoms. The number of rotatable bonds is 7. The smallest absolute Gasteiger partial charge is 0.316 e. The first-order valence-electron chi connectivity index (χ1n) is 15.7. The number of aliphatic hydroxyl groups is 1. The zero-order chi connectivity index (χ0) is 29.6. The standard InChI is InChI=1S/C32H50N2O6S/c1-6-30(4)16-25(31(5)20(2)9-11-32(21(3)28(30)37)12-10-24(35)27(31)32)40-26(36)19-41-18-22-17-34(14-15-39-22)29(38)23-8-7-13-33-23/h6,20-23,25,27-28,33,37H,1,7-19H2,2-5H3/t20?,21-,22?,23+,25+,27?,28-,30+,31-,32-/m0/s1. The van der Waals surface area contributed by atoms with Crippen molar-refractivity contribution >= 4 is 29.4 Å². The third-order valence-electron chi connectivity index (χ3n) is 11.9. The lowest BCUT2D eigenvalue weighted by atomic mass is 9.44. The van der Waals surface area contributed by atoms with Gasteiger partial charge in [-0.3, -0.25) is 14.4 Å². The Morgan fingerprint density at radius 2 is 2.05 bits per heavy atom. The summed E-state index contributed by atoms with van der Waals surface area (Å²) in [7, 11) is 0. The van der Waals surface area contributed by atoms with Crippen LogP contribution in [0.2, 0.25) is 0 Å². The Kier molecular flexibility index (Phi) is 9.03. The van der Waals surface area contributed by atoms with Crippen LogP contribution in [0.25, 0.3) is 0 Å². The summed E-state index contributed by atoms with van der Waals surface area (Å²) in [5.41, 5.74) is -1.43. The van der Waals surface area contributed by atoms with E-state index in [0.717, 1.165) is 38.6 Å². The van der Waals surface area contributed by atoms with Crippen LogP contribution < -0.4 is 5.32 Å². The molecule has 0 aromatic rings. The Morgan fingerprint density at radius 3 is 2.76 bits per heavy atom. The molecule has 0 aromatic heterocycles. The molecule has 1 amide bonds. The van der Waals surface area contributed by atoms with Crippen LogP contribution in [0.3, 0.4) is 0 Å². The van der Waals surface area contributed by atoms with Gasteiger partial charge in [-0.15, -0.1) is 18.3 Å². The molecule has 0 spiro atoms. The van der Waals surface area contributed by atoms with E-state index in [0.29, 0.717) is 38.3 Å². The van der Waals surface area contributed by atoms with Crippen molar-refractivity contribution in [2.24, 2.45) is 34.0 Å². The number of hydrogen-bond acceptors (Lipinski definition) is 8. The Morgan fingerprint density at radius 1 is 1.27 bits per heavy atom. The summed E-state index contributed by atoms with van der Waals surface area (Å²) >= 11 is 1.47. The van der Waals surface area contributed by atoms with Gasteiger partial charge in [0.15, 0.2) is 0 Å². The molecule has 9 heteroatoms. The number of aliphatic hydroxyl groups excluding tert-OH is 1. The largest absolute Gasteiger partial charge is 0.461 e. The van der Waals surface area contributed by atoms with Crippen molar-refractivity contribution < 1.29 is 29.0 Å². The van der Waals surface area contributed by atoms with Gasteiger partial charge in [-0.25, -0.2) is 0 Å². The summed E-state index contributed by atoms with van der Waals surface area (Å²) in [6.45, 7) is 15.1. The Hall–Kier alpha value is -1.42. The van der Waals surface area contributed by atoms with E-state index >= 15 is 0 Å². The predicted octanol–water partition coefficient (Wildman–Crippen LogP) is 3.61. The summed E-state index contributed by atoms with van der Waals surface area (Å²) < 4.78 is 12.3. The number of nitrogens with zero attached hydrogens (tertiary/aromatic N) is 1. The molecule has 5 fully saturated rings. The summed E-state index contributed by atoms with van der Waals surface area (Å²) in [4.78, 5) is 41.7. The van der Waals surface area contributed by atoms with Gasteiger partial charge < -0.3 is 24.8 Å². The number of carbonyl (C=O) groups excluding carboxylic acids is 3. The van der Waals surface area contributed by atoms with Gasteiger partial charge in [-0.1, -0.05) is 33.8 Å². The fraction of sp³-hybridized carbons (Fsp3) is 0.844. The molecule has 0 radical (unpaired) electrons. The monoisotopic (exact) mass is 590 g/mol. The third-order valence-corrected chi connectivity index (χ3v) is 13.0. The first kappa shape index (κ1) is 31.0. The second-order valence-corrected chi connectivity index (χ2v) is 15.0. The fourth-order valence-electron chi connectivity index (χ4n) is 9.10. The Bertz CT molecular complexity index is 1030. The molecular weight excluding hydrogens is 540 g/mol. The minimum atomic E-state index is -0.671. The molecule has 41 heavy (non-hydrogen) atoms. The molecule has 2 N–H and O–H groups in total. The number of amides is 1. The molecule has 8 nitrogen and oxygen atoms in total. The number of Topliss-reactive ketones (excluding diaryl/α,β-unsaturated/α-hetero) is 1. The van der Waals surface area contributed by atoms with E-state index in [1.165, 1.54) is 11.8 Å². The molecule has 5 aliphatic rings. The highest BCUT2D eigenvalue weighted by Gasteiger charge is 2.68. The highest BCUT2D eigenvalue weighted by Crippen LogP contribution is 2.68. The number of nitrogens with one attached hydrogen (secondary N) is 1. The summed E-state index contributed by atoms with van der Waals surface area (Å²) in [6.07, 6.45) is 6.08. The molecule has 3 saturated carbocycles. The maximum atomic E-state index is 13.6. The zero-order valence-corrected chi connectivity index (χ0v) is 26.2. The van der Waals surface area contributed by atoms with Gasteiger partial charge in [0.05, 0.1) is 30.6 Å². The maximum absolute atomic E-state index is 13.6. The lowest BCUT2D eigenvalue weighted by Crippen LogP contribution is -2.63. The van der Waals surface area contributed by atoms with Crippen LogP contribution in [0.15, 0.2) is 12.7 Å². The fourth-order valence-corrected chi connectivity index (χ4v) is 9.92. The molecule has 2 saturated heterocycles. The van der Waals surface area contributed by atoms with Crippen LogP contribution in [0.4, 0.5) is 0 Å².